The lowest BCUT2D eigenvalue weighted by Crippen LogP contribution is -1.98. The summed E-state index contributed by atoms with van der Waals surface area (Å²) in [6, 6.07) is 1.43. The Bertz CT molecular complexity index is 433. The number of aromatic nitrogens is 1. The zero-order valence-corrected chi connectivity index (χ0v) is 9.53. The van der Waals surface area contributed by atoms with Crippen LogP contribution in [-0.2, 0) is 14.8 Å². The van der Waals surface area contributed by atoms with Gasteiger partial charge in [0.2, 0.25) is 14.9 Å². The predicted molar refractivity (Wildman–Crippen MR) is 54.3 cm³/mol. The molecule has 7 heteroatoms. The molecule has 0 radical (unpaired) electrons. The van der Waals surface area contributed by atoms with Gasteiger partial charge in [0.1, 0.15) is 0 Å². The Morgan fingerprint density at radius 2 is 2.21 bits per heavy atom. The lowest BCUT2D eigenvalue weighted by atomic mass is 10.3. The average Bonchev–Trinajstić information content (AvgIpc) is 2.06. The van der Waals surface area contributed by atoms with E-state index in [4.69, 9.17) is 27.0 Å². The van der Waals surface area contributed by atoms with Gasteiger partial charge < -0.3 is 4.74 Å². The van der Waals surface area contributed by atoms with Gasteiger partial charge in [0.05, 0.1) is 17.9 Å². The number of hydrogen-bond donors (Lipinski definition) is 0. The smallest absolute Gasteiger partial charge is 0.236 e. The van der Waals surface area contributed by atoms with Crippen LogP contribution in [0.4, 0.5) is 0 Å². The van der Waals surface area contributed by atoms with Crippen LogP contribution in [0.3, 0.4) is 0 Å². The van der Waals surface area contributed by atoms with Crippen LogP contribution in [0, 0.1) is 0 Å². The molecule has 0 saturated heterocycles. The van der Waals surface area contributed by atoms with Crippen molar-refractivity contribution in [3.05, 3.63) is 22.8 Å². The standard InChI is InChI=1S/C7H7Cl2NO3S/c1-13-7-2-5(4-14(9,11)12)6(8)3-10-7/h2-3H,4H2,1H3. The molecule has 0 saturated carbocycles. The number of nitrogens with zero attached hydrogens (tertiary/aromatic N) is 1. The van der Waals surface area contributed by atoms with Crippen LogP contribution >= 0.6 is 22.3 Å². The SMILES string of the molecule is COc1cc(CS(=O)(=O)Cl)c(Cl)cn1. The molecule has 4 nitrogen and oxygen atoms in total. The molecule has 0 bridgehead atoms. The van der Waals surface area contributed by atoms with Gasteiger partial charge in [-0.1, -0.05) is 11.6 Å². The second kappa shape index (κ2) is 4.33. The molecule has 78 valence electrons. The quantitative estimate of drug-likeness (QED) is 0.774. The van der Waals surface area contributed by atoms with Crippen LogP contribution in [0.5, 0.6) is 5.88 Å². The molecule has 0 aliphatic carbocycles. The third-order valence-electron chi connectivity index (χ3n) is 1.45. The highest BCUT2D eigenvalue weighted by Crippen LogP contribution is 2.22. The maximum atomic E-state index is 10.8. The highest BCUT2D eigenvalue weighted by molar-refractivity contribution is 8.13. The Balaban J connectivity index is 3.07. The molecule has 0 atom stereocenters. The molecule has 1 rings (SSSR count). The first-order chi connectivity index (χ1) is 6.42. The van der Waals surface area contributed by atoms with Crippen molar-refractivity contribution in [2.45, 2.75) is 5.75 Å². The first-order valence-corrected chi connectivity index (χ1v) is 6.39. The molecule has 0 aromatic carbocycles. The van der Waals surface area contributed by atoms with E-state index in [0.717, 1.165) is 0 Å². The second-order valence-corrected chi connectivity index (χ2v) is 5.69. The summed E-state index contributed by atoms with van der Waals surface area (Å²) in [5, 5.41) is 0.245. The van der Waals surface area contributed by atoms with Crippen molar-refractivity contribution in [2.24, 2.45) is 0 Å². The number of halogens is 2. The summed E-state index contributed by atoms with van der Waals surface area (Å²) in [7, 11) is 2.89. The van der Waals surface area contributed by atoms with Crippen LogP contribution in [0.2, 0.25) is 5.02 Å². The normalized spacial score (nSPS) is 11.4. The molecule has 0 aliphatic heterocycles. The van der Waals surface area contributed by atoms with E-state index >= 15 is 0 Å². The van der Waals surface area contributed by atoms with E-state index in [-0.39, 0.29) is 10.8 Å². The Hall–Kier alpha value is -0.520. The van der Waals surface area contributed by atoms with Gasteiger partial charge in [0.15, 0.2) is 0 Å². The van der Waals surface area contributed by atoms with Gasteiger partial charge in [-0.25, -0.2) is 13.4 Å². The van der Waals surface area contributed by atoms with Crippen molar-refractivity contribution in [1.82, 2.24) is 4.98 Å². The van der Waals surface area contributed by atoms with Gasteiger partial charge in [0, 0.05) is 22.9 Å². The van der Waals surface area contributed by atoms with Gasteiger partial charge in [-0.05, 0) is 5.56 Å². The van der Waals surface area contributed by atoms with E-state index in [2.05, 4.69) is 4.98 Å². The Morgan fingerprint density at radius 1 is 1.57 bits per heavy atom. The molecule has 1 heterocycles. The first-order valence-electron chi connectivity index (χ1n) is 3.53. The van der Waals surface area contributed by atoms with Crippen LogP contribution in [-0.4, -0.2) is 20.5 Å². The third-order valence-corrected chi connectivity index (χ3v) is 2.77. The van der Waals surface area contributed by atoms with E-state index in [9.17, 15) is 8.42 Å². The predicted octanol–water partition coefficient (Wildman–Crippen LogP) is 1.81. The summed E-state index contributed by atoms with van der Waals surface area (Å²) in [6.07, 6.45) is 1.32. The monoisotopic (exact) mass is 255 g/mol. The number of ether oxygens (including phenoxy) is 1. The summed E-state index contributed by atoms with van der Waals surface area (Å²) in [6.45, 7) is 0. The minimum absolute atomic E-state index is 0.245. The lowest BCUT2D eigenvalue weighted by Gasteiger charge is -2.03. The molecule has 0 fully saturated rings. The molecular weight excluding hydrogens is 249 g/mol. The Kier molecular flexibility index (Phi) is 3.58. The van der Waals surface area contributed by atoms with Crippen LogP contribution in [0.15, 0.2) is 12.3 Å². The van der Waals surface area contributed by atoms with Gasteiger partial charge in [0.25, 0.3) is 0 Å². The zero-order valence-electron chi connectivity index (χ0n) is 7.20. The van der Waals surface area contributed by atoms with Gasteiger partial charge in [-0.15, -0.1) is 0 Å². The highest BCUT2D eigenvalue weighted by Gasteiger charge is 2.11. The lowest BCUT2D eigenvalue weighted by molar-refractivity contribution is 0.397. The van der Waals surface area contributed by atoms with Crippen LogP contribution in [0.25, 0.3) is 0 Å². The molecule has 0 N–H and O–H groups in total. The molecule has 0 unspecified atom stereocenters. The van der Waals surface area contributed by atoms with E-state index in [1.54, 1.807) is 0 Å². The fourth-order valence-electron chi connectivity index (χ4n) is 0.866. The third kappa shape index (κ3) is 3.32. The van der Waals surface area contributed by atoms with E-state index < -0.39 is 9.05 Å². The van der Waals surface area contributed by atoms with Gasteiger partial charge in [-0.2, -0.15) is 0 Å². The van der Waals surface area contributed by atoms with E-state index in [1.807, 2.05) is 0 Å². The van der Waals surface area contributed by atoms with Crippen LogP contribution in [0.1, 0.15) is 5.56 Å². The van der Waals surface area contributed by atoms with Crippen molar-refractivity contribution in [1.29, 1.82) is 0 Å². The maximum absolute atomic E-state index is 10.8. The number of rotatable bonds is 3. The summed E-state index contributed by atoms with van der Waals surface area (Å²) >= 11 is 5.72. The van der Waals surface area contributed by atoms with Crippen molar-refractivity contribution in [3.63, 3.8) is 0 Å². The number of methoxy groups -OCH3 is 1. The summed E-state index contributed by atoms with van der Waals surface area (Å²) in [4.78, 5) is 3.80. The Labute approximate surface area is 91.2 Å². The second-order valence-electron chi connectivity index (χ2n) is 2.50. The van der Waals surface area contributed by atoms with Crippen molar-refractivity contribution < 1.29 is 13.2 Å². The molecule has 0 aliphatic rings. The summed E-state index contributed by atoms with van der Waals surface area (Å²) < 4.78 is 26.4. The van der Waals surface area contributed by atoms with E-state index in [0.29, 0.717) is 11.4 Å². The zero-order chi connectivity index (χ0) is 10.8. The highest BCUT2D eigenvalue weighted by atomic mass is 35.7. The largest absolute Gasteiger partial charge is 0.481 e. The van der Waals surface area contributed by atoms with Crippen molar-refractivity contribution >= 4 is 31.3 Å². The molecule has 0 amide bonds. The minimum atomic E-state index is -3.62. The summed E-state index contributed by atoms with van der Waals surface area (Å²) in [5.41, 5.74) is 0.369. The van der Waals surface area contributed by atoms with Gasteiger partial charge >= 0.3 is 0 Å². The van der Waals surface area contributed by atoms with Crippen molar-refractivity contribution in [3.8, 4) is 5.88 Å². The van der Waals surface area contributed by atoms with E-state index in [1.165, 1.54) is 19.4 Å². The molecule has 14 heavy (non-hydrogen) atoms. The fraction of sp³-hybridized carbons (Fsp3) is 0.286. The van der Waals surface area contributed by atoms with Crippen molar-refractivity contribution in [2.75, 3.05) is 7.11 Å². The summed E-state index contributed by atoms with van der Waals surface area (Å²) in [5.74, 6) is -0.0450. The minimum Gasteiger partial charge on any atom is -0.481 e. The number of pyridine rings is 1. The fourth-order valence-corrected chi connectivity index (χ4v) is 2.08. The van der Waals surface area contributed by atoms with Gasteiger partial charge in [-0.3, -0.25) is 0 Å². The number of hydrogen-bond acceptors (Lipinski definition) is 4. The maximum Gasteiger partial charge on any atom is 0.236 e. The Morgan fingerprint density at radius 3 is 2.71 bits per heavy atom. The topological polar surface area (TPSA) is 56.3 Å². The first kappa shape index (κ1) is 11.6. The van der Waals surface area contributed by atoms with Crippen LogP contribution < -0.4 is 4.74 Å². The molecule has 1 aromatic heterocycles. The molecule has 1 aromatic rings. The molecule has 0 spiro atoms. The molecular formula is C7H7Cl2NO3S. The average molecular weight is 256 g/mol.